The van der Waals surface area contributed by atoms with Crippen LogP contribution in [0.3, 0.4) is 0 Å². The largest absolute Gasteiger partial charge is 0.377 e. The first-order valence-electron chi connectivity index (χ1n) is 6.40. The number of benzene rings is 1. The summed E-state index contributed by atoms with van der Waals surface area (Å²) in [7, 11) is 0. The van der Waals surface area contributed by atoms with Crippen LogP contribution in [0.2, 0.25) is 0 Å². The molecule has 2 atom stereocenters. The molecule has 102 valence electrons. The van der Waals surface area contributed by atoms with Gasteiger partial charge in [-0.05, 0) is 37.0 Å². The van der Waals surface area contributed by atoms with Crippen molar-refractivity contribution in [3.8, 4) is 0 Å². The number of hydrazine groups is 1. The molecule has 0 bridgehead atoms. The molecule has 1 rings (SSSR count). The lowest BCUT2D eigenvalue weighted by Gasteiger charge is -2.29. The van der Waals surface area contributed by atoms with Gasteiger partial charge in [0.05, 0.1) is 12.1 Å². The number of hydrogen-bond acceptors (Lipinski definition) is 3. The standard InChI is InChI=1S/C14H23BrN2O/c1-4-18-14(10(2)3)13(17-16)9-11-5-7-12(15)8-6-11/h5-8,10,13-14,17H,4,9,16H2,1-3H3. The first-order valence-corrected chi connectivity index (χ1v) is 7.20. The van der Waals surface area contributed by atoms with Gasteiger partial charge in [0.2, 0.25) is 0 Å². The Kier molecular flexibility index (Phi) is 6.86. The predicted octanol–water partition coefficient (Wildman–Crippen LogP) is 2.88. The van der Waals surface area contributed by atoms with Crippen molar-refractivity contribution < 1.29 is 4.74 Å². The fourth-order valence-electron chi connectivity index (χ4n) is 2.11. The molecule has 2 unspecified atom stereocenters. The van der Waals surface area contributed by atoms with Crippen LogP contribution in [0.15, 0.2) is 28.7 Å². The van der Waals surface area contributed by atoms with Crippen molar-refractivity contribution in [1.29, 1.82) is 0 Å². The molecule has 0 radical (unpaired) electrons. The molecule has 3 nitrogen and oxygen atoms in total. The summed E-state index contributed by atoms with van der Waals surface area (Å²) in [6.07, 6.45) is 0.996. The number of ether oxygens (including phenoxy) is 1. The number of nitrogens with one attached hydrogen (secondary N) is 1. The lowest BCUT2D eigenvalue weighted by Crippen LogP contribution is -2.48. The molecule has 1 aromatic rings. The smallest absolute Gasteiger partial charge is 0.0767 e. The monoisotopic (exact) mass is 314 g/mol. The van der Waals surface area contributed by atoms with Crippen molar-refractivity contribution in [3.05, 3.63) is 34.3 Å². The van der Waals surface area contributed by atoms with Gasteiger partial charge in [0.15, 0.2) is 0 Å². The average molecular weight is 315 g/mol. The average Bonchev–Trinajstić information content (AvgIpc) is 2.35. The molecule has 0 fully saturated rings. The van der Waals surface area contributed by atoms with Crippen LogP contribution in [0.1, 0.15) is 26.3 Å². The lowest BCUT2D eigenvalue weighted by molar-refractivity contribution is 0.00355. The van der Waals surface area contributed by atoms with E-state index in [2.05, 4.69) is 47.3 Å². The molecule has 1 aromatic carbocycles. The molecule has 0 saturated heterocycles. The summed E-state index contributed by atoms with van der Waals surface area (Å²) in [5, 5.41) is 0. The summed E-state index contributed by atoms with van der Waals surface area (Å²) in [4.78, 5) is 0. The van der Waals surface area contributed by atoms with Gasteiger partial charge in [0, 0.05) is 11.1 Å². The van der Waals surface area contributed by atoms with E-state index in [0.29, 0.717) is 12.5 Å². The van der Waals surface area contributed by atoms with Gasteiger partial charge in [-0.3, -0.25) is 11.3 Å². The Morgan fingerprint density at radius 2 is 1.89 bits per heavy atom. The topological polar surface area (TPSA) is 47.3 Å². The van der Waals surface area contributed by atoms with E-state index in [4.69, 9.17) is 10.6 Å². The molecule has 3 N–H and O–H groups in total. The maximum absolute atomic E-state index is 5.80. The molecule has 0 aliphatic carbocycles. The second kappa shape index (κ2) is 7.89. The summed E-state index contributed by atoms with van der Waals surface area (Å²) in [6, 6.07) is 8.45. The van der Waals surface area contributed by atoms with Gasteiger partial charge in [-0.1, -0.05) is 41.9 Å². The quantitative estimate of drug-likeness (QED) is 0.601. The van der Waals surface area contributed by atoms with E-state index in [1.807, 2.05) is 19.1 Å². The van der Waals surface area contributed by atoms with Gasteiger partial charge in [-0.25, -0.2) is 0 Å². The molecule has 18 heavy (non-hydrogen) atoms. The van der Waals surface area contributed by atoms with E-state index in [-0.39, 0.29) is 12.1 Å². The second-order valence-electron chi connectivity index (χ2n) is 4.77. The number of nitrogens with two attached hydrogens (primary N) is 1. The van der Waals surface area contributed by atoms with Crippen molar-refractivity contribution in [2.75, 3.05) is 6.61 Å². The predicted molar refractivity (Wildman–Crippen MR) is 79.2 cm³/mol. The zero-order valence-corrected chi connectivity index (χ0v) is 12.9. The Balaban J connectivity index is 2.72. The van der Waals surface area contributed by atoms with Crippen LogP contribution in [0, 0.1) is 5.92 Å². The zero-order valence-electron chi connectivity index (χ0n) is 11.3. The van der Waals surface area contributed by atoms with Gasteiger partial charge in [0.1, 0.15) is 0 Å². The third-order valence-corrected chi connectivity index (χ3v) is 3.52. The Labute approximate surface area is 118 Å². The maximum Gasteiger partial charge on any atom is 0.0767 e. The lowest BCUT2D eigenvalue weighted by atomic mass is 9.94. The highest BCUT2D eigenvalue weighted by molar-refractivity contribution is 9.10. The Morgan fingerprint density at radius 1 is 1.28 bits per heavy atom. The minimum absolute atomic E-state index is 0.128. The summed E-state index contributed by atoms with van der Waals surface area (Å²) in [5.41, 5.74) is 4.15. The molecular formula is C14H23BrN2O. The van der Waals surface area contributed by atoms with Gasteiger partial charge < -0.3 is 4.74 Å². The number of hydrogen-bond donors (Lipinski definition) is 2. The number of halogens is 1. The van der Waals surface area contributed by atoms with Crippen LogP contribution in [0.5, 0.6) is 0 Å². The van der Waals surface area contributed by atoms with E-state index in [1.165, 1.54) is 5.56 Å². The van der Waals surface area contributed by atoms with Crippen LogP contribution >= 0.6 is 15.9 Å². The van der Waals surface area contributed by atoms with Crippen LogP contribution in [-0.4, -0.2) is 18.8 Å². The van der Waals surface area contributed by atoms with Crippen LogP contribution in [0.4, 0.5) is 0 Å². The SMILES string of the molecule is CCOC(C(C)C)C(Cc1ccc(Br)cc1)NN. The molecule has 0 amide bonds. The van der Waals surface area contributed by atoms with Crippen molar-refractivity contribution in [3.63, 3.8) is 0 Å². The highest BCUT2D eigenvalue weighted by atomic mass is 79.9. The summed E-state index contributed by atoms with van der Waals surface area (Å²) in [6.45, 7) is 7.04. The molecule has 0 aliphatic heterocycles. The van der Waals surface area contributed by atoms with Gasteiger partial charge in [0.25, 0.3) is 0 Å². The molecule has 0 aromatic heterocycles. The Bertz CT molecular complexity index is 340. The van der Waals surface area contributed by atoms with Crippen LogP contribution in [0.25, 0.3) is 0 Å². The first kappa shape index (κ1) is 15.6. The maximum atomic E-state index is 5.80. The fourth-order valence-corrected chi connectivity index (χ4v) is 2.37. The Morgan fingerprint density at radius 3 is 2.33 bits per heavy atom. The fraction of sp³-hybridized carbons (Fsp3) is 0.571. The van der Waals surface area contributed by atoms with Gasteiger partial charge in [-0.2, -0.15) is 0 Å². The van der Waals surface area contributed by atoms with Crippen LogP contribution < -0.4 is 11.3 Å². The third kappa shape index (κ3) is 4.69. The van der Waals surface area contributed by atoms with Gasteiger partial charge >= 0.3 is 0 Å². The summed E-state index contributed by atoms with van der Waals surface area (Å²) in [5.74, 6) is 6.11. The molecule has 0 aliphatic rings. The van der Waals surface area contributed by atoms with Crippen molar-refractivity contribution in [2.45, 2.75) is 39.3 Å². The highest BCUT2D eigenvalue weighted by Gasteiger charge is 2.24. The minimum atomic E-state index is 0.128. The van der Waals surface area contributed by atoms with E-state index in [9.17, 15) is 0 Å². The molecule has 4 heteroatoms. The van der Waals surface area contributed by atoms with Gasteiger partial charge in [-0.15, -0.1) is 0 Å². The van der Waals surface area contributed by atoms with Crippen molar-refractivity contribution in [1.82, 2.24) is 5.43 Å². The molecule has 0 spiro atoms. The van der Waals surface area contributed by atoms with E-state index in [0.717, 1.165) is 10.9 Å². The van der Waals surface area contributed by atoms with Crippen molar-refractivity contribution in [2.24, 2.45) is 11.8 Å². The van der Waals surface area contributed by atoms with Crippen LogP contribution in [-0.2, 0) is 11.2 Å². The highest BCUT2D eigenvalue weighted by Crippen LogP contribution is 2.17. The molecular weight excluding hydrogens is 292 g/mol. The third-order valence-electron chi connectivity index (χ3n) is 3.00. The first-order chi connectivity index (χ1) is 8.58. The van der Waals surface area contributed by atoms with E-state index in [1.54, 1.807) is 0 Å². The molecule has 0 saturated carbocycles. The Hall–Kier alpha value is -0.420. The zero-order chi connectivity index (χ0) is 13.5. The second-order valence-corrected chi connectivity index (χ2v) is 5.68. The van der Waals surface area contributed by atoms with E-state index < -0.39 is 0 Å². The summed E-state index contributed by atoms with van der Waals surface area (Å²) >= 11 is 3.44. The van der Waals surface area contributed by atoms with E-state index >= 15 is 0 Å². The number of rotatable bonds is 7. The normalized spacial score (nSPS) is 14.8. The van der Waals surface area contributed by atoms with Crippen molar-refractivity contribution >= 4 is 15.9 Å². The minimum Gasteiger partial charge on any atom is -0.377 e. The molecule has 0 heterocycles. The summed E-state index contributed by atoms with van der Waals surface area (Å²) < 4.78 is 6.89.